The third-order valence-corrected chi connectivity index (χ3v) is 4.65. The van der Waals surface area contributed by atoms with Crippen LogP contribution in [0.5, 0.6) is 5.75 Å². The van der Waals surface area contributed by atoms with Crippen molar-refractivity contribution < 1.29 is 14.6 Å². The Kier molecular flexibility index (Phi) is 5.86. The summed E-state index contributed by atoms with van der Waals surface area (Å²) in [4.78, 5) is 12.8. The van der Waals surface area contributed by atoms with Gasteiger partial charge in [-0.3, -0.25) is 4.79 Å². The molecule has 7 nitrogen and oxygen atoms in total. The first-order chi connectivity index (χ1) is 13.5. The van der Waals surface area contributed by atoms with E-state index in [1.165, 1.54) is 0 Å². The highest BCUT2D eigenvalue weighted by molar-refractivity contribution is 5.74. The molecule has 0 aliphatic carbocycles. The van der Waals surface area contributed by atoms with Crippen molar-refractivity contribution in [2.75, 3.05) is 19.7 Å². The number of rotatable bonds is 5. The van der Waals surface area contributed by atoms with Crippen molar-refractivity contribution in [1.82, 2.24) is 4.90 Å². The lowest BCUT2D eigenvalue weighted by molar-refractivity contribution is -0.0172. The maximum Gasteiger partial charge on any atom is 0.150 e. The van der Waals surface area contributed by atoms with E-state index in [0.29, 0.717) is 42.2 Å². The van der Waals surface area contributed by atoms with E-state index in [4.69, 9.17) is 21.9 Å². The van der Waals surface area contributed by atoms with Crippen LogP contribution in [0.3, 0.4) is 0 Å². The molecule has 0 spiro atoms. The number of allylic oxidation sites excluding steroid dienone is 1. The summed E-state index contributed by atoms with van der Waals surface area (Å²) in [5.74, 6) is 0.219. The first-order valence-electron chi connectivity index (χ1n) is 8.92. The van der Waals surface area contributed by atoms with Gasteiger partial charge in [-0.2, -0.15) is 0 Å². The van der Waals surface area contributed by atoms with E-state index >= 15 is 0 Å². The molecule has 1 heterocycles. The molecule has 0 aromatic heterocycles. The van der Waals surface area contributed by atoms with Gasteiger partial charge in [0.05, 0.1) is 12.3 Å². The number of phenols is 1. The molecule has 1 aliphatic rings. The molecule has 7 heteroatoms. The highest BCUT2D eigenvalue weighted by Crippen LogP contribution is 2.27. The average Bonchev–Trinajstić information content (AvgIpc) is 2.72. The van der Waals surface area contributed by atoms with Crippen LogP contribution in [0, 0.1) is 0 Å². The fraction of sp³-hybridized carbons (Fsp3) is 0.190. The van der Waals surface area contributed by atoms with E-state index < -0.39 is 0 Å². The summed E-state index contributed by atoms with van der Waals surface area (Å²) >= 11 is 0. The molecular weight excluding hydrogens is 356 g/mol. The van der Waals surface area contributed by atoms with Crippen LogP contribution in [-0.2, 0) is 4.74 Å². The molecule has 1 aliphatic heterocycles. The van der Waals surface area contributed by atoms with Crippen molar-refractivity contribution in [3.8, 4) is 5.75 Å². The number of nitrogens with two attached hydrogens (primary N) is 3. The monoisotopic (exact) mass is 380 g/mol. The molecule has 0 amide bonds. The third kappa shape index (κ3) is 4.27. The number of nitrogens with zero attached hydrogens (tertiary/aromatic N) is 1. The Morgan fingerprint density at radius 1 is 1.11 bits per heavy atom. The summed E-state index contributed by atoms with van der Waals surface area (Å²) in [6.45, 7) is 1.61. The first-order valence-corrected chi connectivity index (χ1v) is 8.92. The van der Waals surface area contributed by atoms with Crippen molar-refractivity contribution in [1.29, 1.82) is 0 Å². The summed E-state index contributed by atoms with van der Waals surface area (Å²) in [6, 6.07) is 14.1. The second-order valence-corrected chi connectivity index (χ2v) is 6.55. The van der Waals surface area contributed by atoms with E-state index in [9.17, 15) is 9.90 Å². The quantitative estimate of drug-likeness (QED) is 0.459. The van der Waals surface area contributed by atoms with Crippen LogP contribution in [0.25, 0.3) is 5.70 Å². The fourth-order valence-corrected chi connectivity index (χ4v) is 3.16. The van der Waals surface area contributed by atoms with Gasteiger partial charge in [0, 0.05) is 29.9 Å². The number of aromatic hydroxyl groups is 1. The second kappa shape index (κ2) is 8.49. The van der Waals surface area contributed by atoms with Crippen molar-refractivity contribution in [2.45, 2.75) is 6.10 Å². The summed E-state index contributed by atoms with van der Waals surface area (Å²) < 4.78 is 5.88. The average molecular weight is 380 g/mol. The molecular formula is C21H24N4O3. The zero-order valence-corrected chi connectivity index (χ0v) is 15.4. The molecule has 2 aromatic carbocycles. The van der Waals surface area contributed by atoms with Crippen LogP contribution in [0.2, 0.25) is 0 Å². The predicted octanol–water partition coefficient (Wildman–Crippen LogP) is 1.66. The van der Waals surface area contributed by atoms with Gasteiger partial charge in [0.25, 0.3) is 0 Å². The first kappa shape index (κ1) is 19.3. The van der Waals surface area contributed by atoms with Crippen LogP contribution in [0.1, 0.15) is 27.6 Å². The number of hydrogen-bond acceptors (Lipinski definition) is 7. The number of carbonyl (C=O) groups is 1. The summed E-state index contributed by atoms with van der Waals surface area (Å²) in [5.41, 5.74) is 21.1. The van der Waals surface area contributed by atoms with E-state index in [-0.39, 0.29) is 17.7 Å². The van der Waals surface area contributed by atoms with Gasteiger partial charge in [-0.1, -0.05) is 36.4 Å². The molecule has 146 valence electrons. The SMILES string of the molecule is NC(N)=C(/C=C(\N)c1ccccc1O)N1CCOC(c2ccc(C=O)cc2)C1. The van der Waals surface area contributed by atoms with Crippen molar-refractivity contribution >= 4 is 12.0 Å². The largest absolute Gasteiger partial charge is 0.507 e. The topological polar surface area (TPSA) is 128 Å². The van der Waals surface area contributed by atoms with Gasteiger partial charge in [0.2, 0.25) is 0 Å². The number of para-hydroxylation sites is 1. The van der Waals surface area contributed by atoms with Crippen molar-refractivity contribution in [3.05, 3.63) is 82.8 Å². The van der Waals surface area contributed by atoms with Gasteiger partial charge in [0.1, 0.15) is 24.0 Å². The van der Waals surface area contributed by atoms with E-state index in [0.717, 1.165) is 11.8 Å². The maximum atomic E-state index is 10.8. The normalized spacial score (nSPS) is 17.2. The Balaban J connectivity index is 1.84. The molecule has 0 radical (unpaired) electrons. The zero-order valence-electron chi connectivity index (χ0n) is 15.4. The van der Waals surface area contributed by atoms with Gasteiger partial charge < -0.3 is 31.9 Å². The molecule has 7 N–H and O–H groups in total. The molecule has 1 atom stereocenters. The lowest BCUT2D eigenvalue weighted by Gasteiger charge is -2.35. The van der Waals surface area contributed by atoms with Crippen LogP contribution < -0.4 is 17.2 Å². The van der Waals surface area contributed by atoms with E-state index in [1.807, 2.05) is 17.0 Å². The van der Waals surface area contributed by atoms with Crippen molar-refractivity contribution in [3.63, 3.8) is 0 Å². The van der Waals surface area contributed by atoms with Crippen LogP contribution in [0.15, 0.2) is 66.1 Å². The number of phenolic OH excluding ortho intramolecular Hbond substituents is 1. The predicted molar refractivity (Wildman–Crippen MR) is 108 cm³/mol. The Hall–Kier alpha value is -3.45. The minimum absolute atomic E-state index is 0.0846. The lowest BCUT2D eigenvalue weighted by Crippen LogP contribution is -2.39. The summed E-state index contributed by atoms with van der Waals surface area (Å²) in [6.07, 6.45) is 2.28. The van der Waals surface area contributed by atoms with E-state index in [2.05, 4.69) is 0 Å². The zero-order chi connectivity index (χ0) is 20.1. The number of carbonyl (C=O) groups excluding carboxylic acids is 1. The number of aldehydes is 1. The minimum Gasteiger partial charge on any atom is -0.507 e. The molecule has 1 saturated heterocycles. The van der Waals surface area contributed by atoms with Crippen LogP contribution >= 0.6 is 0 Å². The molecule has 0 saturated carbocycles. The molecule has 1 fully saturated rings. The lowest BCUT2D eigenvalue weighted by atomic mass is 10.0. The smallest absolute Gasteiger partial charge is 0.150 e. The maximum absolute atomic E-state index is 10.8. The van der Waals surface area contributed by atoms with Gasteiger partial charge >= 0.3 is 0 Å². The van der Waals surface area contributed by atoms with Crippen LogP contribution in [0.4, 0.5) is 0 Å². The van der Waals surface area contributed by atoms with E-state index in [1.54, 1.807) is 42.5 Å². The summed E-state index contributed by atoms with van der Waals surface area (Å²) in [7, 11) is 0. The Morgan fingerprint density at radius 3 is 2.46 bits per heavy atom. The summed E-state index contributed by atoms with van der Waals surface area (Å²) in [5, 5.41) is 10.0. The second-order valence-electron chi connectivity index (χ2n) is 6.55. The number of hydrogen-bond donors (Lipinski definition) is 4. The highest BCUT2D eigenvalue weighted by atomic mass is 16.5. The minimum atomic E-state index is -0.191. The van der Waals surface area contributed by atoms with Crippen molar-refractivity contribution in [2.24, 2.45) is 17.2 Å². The molecule has 28 heavy (non-hydrogen) atoms. The Morgan fingerprint density at radius 2 is 1.82 bits per heavy atom. The van der Waals surface area contributed by atoms with Gasteiger partial charge in [-0.25, -0.2) is 0 Å². The van der Waals surface area contributed by atoms with Gasteiger partial charge in [-0.15, -0.1) is 0 Å². The molecule has 1 unspecified atom stereocenters. The Labute approximate surface area is 163 Å². The highest BCUT2D eigenvalue weighted by Gasteiger charge is 2.24. The third-order valence-electron chi connectivity index (χ3n) is 4.65. The van der Waals surface area contributed by atoms with Gasteiger partial charge in [-0.05, 0) is 23.8 Å². The number of morpholine rings is 1. The number of benzene rings is 2. The Bertz CT molecular complexity index is 902. The van der Waals surface area contributed by atoms with Crippen LogP contribution in [-0.4, -0.2) is 36.0 Å². The molecule has 3 rings (SSSR count). The number of ether oxygens (including phenoxy) is 1. The fourth-order valence-electron chi connectivity index (χ4n) is 3.16. The standard InChI is InChI=1S/C21H24N4O3/c22-17(16-3-1-2-4-19(16)27)11-18(21(23)24)25-9-10-28-20(12-25)15-7-5-14(13-26)6-8-15/h1-8,11,13,20,27H,9-10,12,22-24H2/b17-11-. The molecule has 0 bridgehead atoms. The van der Waals surface area contributed by atoms with Gasteiger partial charge in [0.15, 0.2) is 0 Å². The molecule has 2 aromatic rings.